The van der Waals surface area contributed by atoms with Crippen LogP contribution in [0.25, 0.3) is 0 Å². The Labute approximate surface area is 125 Å². The molecule has 2 aromatic rings. The monoisotopic (exact) mass is 311 g/mol. The number of aryl methyl sites for hydroxylation is 1. The van der Waals surface area contributed by atoms with Gasteiger partial charge in [-0.1, -0.05) is 0 Å². The van der Waals surface area contributed by atoms with Crippen LogP contribution in [-0.2, 0) is 7.05 Å². The maximum atomic E-state index is 13.0. The number of nitrogens with one attached hydrogen (secondary N) is 1. The van der Waals surface area contributed by atoms with Crippen molar-refractivity contribution in [3.05, 3.63) is 47.8 Å². The molecule has 0 aliphatic heterocycles. The highest BCUT2D eigenvalue weighted by Gasteiger charge is 2.11. The van der Waals surface area contributed by atoms with Crippen LogP contribution in [0.5, 0.6) is 5.75 Å². The lowest BCUT2D eigenvalue weighted by atomic mass is 10.3. The number of aromatic nitrogens is 2. The van der Waals surface area contributed by atoms with Gasteiger partial charge in [0, 0.05) is 25.9 Å². The standard InChI is InChI=1S/C14H15F2N3O3/c1-19-7-9(5-18-19)14(21)17-6-10(20)8-22-11-2-3-12(15)13(16)4-11/h2-5,7,10,20H,6,8H2,1H3,(H,17,21). The zero-order valence-electron chi connectivity index (χ0n) is 11.8. The highest BCUT2D eigenvalue weighted by molar-refractivity contribution is 5.93. The van der Waals surface area contributed by atoms with Gasteiger partial charge in [-0.3, -0.25) is 9.48 Å². The molecule has 1 heterocycles. The van der Waals surface area contributed by atoms with E-state index < -0.39 is 17.7 Å². The van der Waals surface area contributed by atoms with Gasteiger partial charge < -0.3 is 15.2 Å². The van der Waals surface area contributed by atoms with Crippen LogP contribution in [0.2, 0.25) is 0 Å². The van der Waals surface area contributed by atoms with Gasteiger partial charge in [0.2, 0.25) is 0 Å². The molecule has 0 saturated carbocycles. The van der Waals surface area contributed by atoms with E-state index in [0.29, 0.717) is 5.56 Å². The van der Waals surface area contributed by atoms with Crippen LogP contribution in [0.4, 0.5) is 8.78 Å². The Morgan fingerprint density at radius 3 is 2.86 bits per heavy atom. The number of nitrogens with zero attached hydrogens (tertiary/aromatic N) is 2. The summed E-state index contributed by atoms with van der Waals surface area (Å²) in [5, 5.41) is 16.1. The number of aliphatic hydroxyl groups is 1. The Morgan fingerprint density at radius 1 is 1.45 bits per heavy atom. The van der Waals surface area contributed by atoms with Crippen molar-refractivity contribution < 1.29 is 23.4 Å². The first-order valence-corrected chi connectivity index (χ1v) is 6.48. The summed E-state index contributed by atoms with van der Waals surface area (Å²) in [6.07, 6.45) is 1.95. The molecule has 6 nitrogen and oxygen atoms in total. The van der Waals surface area contributed by atoms with Crippen LogP contribution in [0.3, 0.4) is 0 Å². The average Bonchev–Trinajstić information content (AvgIpc) is 2.92. The van der Waals surface area contributed by atoms with E-state index >= 15 is 0 Å². The van der Waals surface area contributed by atoms with Gasteiger partial charge in [0.15, 0.2) is 11.6 Å². The molecule has 0 spiro atoms. The molecule has 1 atom stereocenters. The molecule has 1 aromatic carbocycles. The second kappa shape index (κ2) is 6.99. The van der Waals surface area contributed by atoms with Crippen molar-refractivity contribution in [3.8, 4) is 5.75 Å². The van der Waals surface area contributed by atoms with Gasteiger partial charge in [0.1, 0.15) is 18.5 Å². The van der Waals surface area contributed by atoms with Gasteiger partial charge in [-0.25, -0.2) is 8.78 Å². The van der Waals surface area contributed by atoms with Crippen LogP contribution >= 0.6 is 0 Å². The molecule has 8 heteroatoms. The summed E-state index contributed by atoms with van der Waals surface area (Å²) in [5.41, 5.74) is 0.372. The summed E-state index contributed by atoms with van der Waals surface area (Å²) >= 11 is 0. The molecule has 1 aromatic heterocycles. The van der Waals surface area contributed by atoms with Crippen LogP contribution in [-0.4, -0.2) is 40.0 Å². The fourth-order valence-electron chi connectivity index (χ4n) is 1.67. The number of rotatable bonds is 6. The van der Waals surface area contributed by atoms with Crippen LogP contribution in [0.15, 0.2) is 30.6 Å². The molecule has 1 amide bonds. The normalized spacial score (nSPS) is 12.0. The molecule has 22 heavy (non-hydrogen) atoms. The molecule has 0 saturated heterocycles. The fraction of sp³-hybridized carbons (Fsp3) is 0.286. The number of ether oxygens (including phenoxy) is 1. The lowest BCUT2D eigenvalue weighted by molar-refractivity contribution is 0.0843. The number of aliphatic hydroxyl groups excluding tert-OH is 1. The van der Waals surface area contributed by atoms with E-state index in [1.54, 1.807) is 13.2 Å². The highest BCUT2D eigenvalue weighted by atomic mass is 19.2. The Morgan fingerprint density at radius 2 is 2.23 bits per heavy atom. The maximum Gasteiger partial charge on any atom is 0.254 e. The predicted molar refractivity (Wildman–Crippen MR) is 73.4 cm³/mol. The SMILES string of the molecule is Cn1cc(C(=O)NCC(O)COc2ccc(F)c(F)c2)cn1. The first-order chi connectivity index (χ1) is 10.5. The van der Waals surface area contributed by atoms with E-state index in [-0.39, 0.29) is 24.8 Å². The molecule has 118 valence electrons. The lowest BCUT2D eigenvalue weighted by Crippen LogP contribution is -2.35. The molecular formula is C14H15F2N3O3. The Bertz CT molecular complexity index is 661. The number of carbonyl (C=O) groups is 1. The van der Waals surface area contributed by atoms with E-state index in [0.717, 1.165) is 12.1 Å². The molecule has 0 fully saturated rings. The average molecular weight is 311 g/mol. The molecule has 0 radical (unpaired) electrons. The molecule has 0 bridgehead atoms. The van der Waals surface area contributed by atoms with Crippen molar-refractivity contribution >= 4 is 5.91 Å². The molecule has 0 aliphatic carbocycles. The zero-order valence-corrected chi connectivity index (χ0v) is 11.8. The van der Waals surface area contributed by atoms with Gasteiger partial charge in [-0.15, -0.1) is 0 Å². The molecule has 0 aliphatic rings. The minimum Gasteiger partial charge on any atom is -0.491 e. The molecule has 2 N–H and O–H groups in total. The van der Waals surface area contributed by atoms with Crippen LogP contribution < -0.4 is 10.1 Å². The summed E-state index contributed by atoms with van der Waals surface area (Å²) in [4.78, 5) is 11.7. The Hall–Kier alpha value is -2.48. The third-order valence-corrected chi connectivity index (χ3v) is 2.80. The smallest absolute Gasteiger partial charge is 0.254 e. The number of amides is 1. The van der Waals surface area contributed by atoms with Gasteiger partial charge in [0.25, 0.3) is 5.91 Å². The van der Waals surface area contributed by atoms with Crippen molar-refractivity contribution in [1.82, 2.24) is 15.1 Å². The Kier molecular flexibility index (Phi) is 5.05. The molecule has 1 unspecified atom stereocenters. The van der Waals surface area contributed by atoms with Crippen LogP contribution in [0, 0.1) is 11.6 Å². The fourth-order valence-corrected chi connectivity index (χ4v) is 1.67. The van der Waals surface area contributed by atoms with Crippen molar-refractivity contribution in [1.29, 1.82) is 0 Å². The number of carbonyl (C=O) groups excluding carboxylic acids is 1. The number of hydrogen-bond acceptors (Lipinski definition) is 4. The van der Waals surface area contributed by atoms with Gasteiger partial charge in [0.05, 0.1) is 11.8 Å². The van der Waals surface area contributed by atoms with Gasteiger partial charge in [-0.2, -0.15) is 5.10 Å². The zero-order chi connectivity index (χ0) is 16.1. The molecule has 2 rings (SSSR count). The minimum atomic E-state index is -1.03. The summed E-state index contributed by atoms with van der Waals surface area (Å²) in [7, 11) is 1.68. The minimum absolute atomic E-state index is 0.0442. The van der Waals surface area contributed by atoms with E-state index in [1.807, 2.05) is 0 Å². The van der Waals surface area contributed by atoms with Crippen LogP contribution in [0.1, 0.15) is 10.4 Å². The summed E-state index contributed by atoms with van der Waals surface area (Å²) in [5.74, 6) is -2.29. The van der Waals surface area contributed by atoms with Crippen molar-refractivity contribution in [2.75, 3.05) is 13.2 Å². The lowest BCUT2D eigenvalue weighted by Gasteiger charge is -2.13. The van der Waals surface area contributed by atoms with E-state index in [4.69, 9.17) is 4.74 Å². The third-order valence-electron chi connectivity index (χ3n) is 2.80. The quantitative estimate of drug-likeness (QED) is 0.830. The second-order valence-electron chi connectivity index (χ2n) is 4.65. The highest BCUT2D eigenvalue weighted by Crippen LogP contribution is 2.15. The molecular weight excluding hydrogens is 296 g/mol. The van der Waals surface area contributed by atoms with Crippen molar-refractivity contribution in [3.63, 3.8) is 0 Å². The first kappa shape index (κ1) is 15.9. The number of halogens is 2. The second-order valence-corrected chi connectivity index (χ2v) is 4.65. The summed E-state index contributed by atoms with van der Waals surface area (Å²) in [6.45, 7) is -0.213. The predicted octanol–water partition coefficient (Wildman–Crippen LogP) is 0.868. The number of hydrogen-bond donors (Lipinski definition) is 2. The van der Waals surface area contributed by atoms with E-state index in [1.165, 1.54) is 16.9 Å². The largest absolute Gasteiger partial charge is 0.491 e. The summed E-state index contributed by atoms with van der Waals surface area (Å²) < 4.78 is 32.3. The maximum absolute atomic E-state index is 13.0. The third kappa shape index (κ3) is 4.26. The number of benzene rings is 1. The topological polar surface area (TPSA) is 76.4 Å². The van der Waals surface area contributed by atoms with E-state index in [9.17, 15) is 18.7 Å². The van der Waals surface area contributed by atoms with Crippen molar-refractivity contribution in [2.45, 2.75) is 6.10 Å². The van der Waals surface area contributed by atoms with Gasteiger partial charge in [-0.05, 0) is 12.1 Å². The first-order valence-electron chi connectivity index (χ1n) is 6.48. The van der Waals surface area contributed by atoms with Crippen molar-refractivity contribution in [2.24, 2.45) is 7.05 Å². The van der Waals surface area contributed by atoms with Gasteiger partial charge >= 0.3 is 0 Å². The van der Waals surface area contributed by atoms with E-state index in [2.05, 4.69) is 10.4 Å². The Balaban J connectivity index is 1.77. The summed E-state index contributed by atoms with van der Waals surface area (Å²) in [6, 6.07) is 3.07.